The van der Waals surface area contributed by atoms with Crippen molar-refractivity contribution < 1.29 is 4.42 Å². The van der Waals surface area contributed by atoms with E-state index in [1.807, 2.05) is 12.1 Å². The molecule has 0 aliphatic rings. The summed E-state index contributed by atoms with van der Waals surface area (Å²) in [6.45, 7) is 0. The molecule has 12 aromatic rings. The molecule has 2 aromatic heterocycles. The first-order valence-corrected chi connectivity index (χ1v) is 22.6. The van der Waals surface area contributed by atoms with E-state index in [9.17, 15) is 0 Å². The van der Waals surface area contributed by atoms with Gasteiger partial charge in [0.05, 0.1) is 0 Å². The molecule has 0 saturated carbocycles. The highest BCUT2D eigenvalue weighted by Gasteiger charge is 2.19. The Labute approximate surface area is 389 Å². The van der Waals surface area contributed by atoms with Crippen molar-refractivity contribution >= 4 is 21.9 Å². The molecule has 0 fully saturated rings. The molecule has 0 N–H and O–H groups in total. The first kappa shape index (κ1) is 39.6. The predicted molar refractivity (Wildman–Crippen MR) is 276 cm³/mol. The summed E-state index contributed by atoms with van der Waals surface area (Å²) in [6.07, 6.45) is 0. The minimum atomic E-state index is 0.565. The maximum absolute atomic E-state index is 6.73. The van der Waals surface area contributed by atoms with Gasteiger partial charge in [0.2, 0.25) is 0 Å². The molecule has 10 aromatic carbocycles. The van der Waals surface area contributed by atoms with E-state index < -0.39 is 0 Å². The van der Waals surface area contributed by atoms with Gasteiger partial charge in [0.25, 0.3) is 0 Å². The second kappa shape index (κ2) is 17.2. The highest BCUT2D eigenvalue weighted by atomic mass is 16.3. The van der Waals surface area contributed by atoms with Crippen molar-refractivity contribution in [2.45, 2.75) is 0 Å². The molecule has 0 radical (unpaired) electrons. The van der Waals surface area contributed by atoms with Crippen LogP contribution in [-0.2, 0) is 0 Å². The number of hydrogen-bond acceptors (Lipinski definition) is 4. The molecule has 4 heteroatoms. The lowest BCUT2D eigenvalue weighted by Gasteiger charge is -2.14. The zero-order valence-electron chi connectivity index (χ0n) is 36.4. The lowest BCUT2D eigenvalue weighted by molar-refractivity contribution is 0.669. The molecule has 314 valence electrons. The highest BCUT2D eigenvalue weighted by molar-refractivity contribution is 6.14. The maximum atomic E-state index is 6.73. The number of fused-ring (bicyclic) bond motifs is 3. The molecule has 0 atom stereocenters. The standard InChI is InChI=1S/C63H41N3O/c1-5-15-42(16-6-1)45-27-29-47(30-28-45)50-23-13-24-52(39-50)62-64-61(49-33-31-46(32-34-49)43-17-7-2-8-18-43)65-63(66-62)53-36-38-56-59(41-53)67-58-26-14-25-55(60(56)58)54-37-35-51(44-19-9-3-10-20-44)40-57(54)48-21-11-4-12-22-48/h1-41H. The van der Waals surface area contributed by atoms with Crippen molar-refractivity contribution in [2.75, 3.05) is 0 Å². The minimum Gasteiger partial charge on any atom is -0.456 e. The molecule has 0 aliphatic carbocycles. The van der Waals surface area contributed by atoms with Crippen molar-refractivity contribution in [3.05, 3.63) is 249 Å². The van der Waals surface area contributed by atoms with Crippen molar-refractivity contribution in [1.82, 2.24) is 15.0 Å². The van der Waals surface area contributed by atoms with Gasteiger partial charge in [-0.3, -0.25) is 0 Å². The van der Waals surface area contributed by atoms with E-state index in [0.29, 0.717) is 17.5 Å². The van der Waals surface area contributed by atoms with Crippen molar-refractivity contribution in [3.63, 3.8) is 0 Å². The van der Waals surface area contributed by atoms with Gasteiger partial charge in [0.15, 0.2) is 17.5 Å². The molecule has 2 heterocycles. The zero-order valence-corrected chi connectivity index (χ0v) is 36.4. The molecule has 0 spiro atoms. The van der Waals surface area contributed by atoms with E-state index in [-0.39, 0.29) is 0 Å². The number of hydrogen-bond donors (Lipinski definition) is 0. The molecular weight excluding hydrogens is 815 g/mol. The third-order valence-electron chi connectivity index (χ3n) is 12.6. The smallest absolute Gasteiger partial charge is 0.164 e. The van der Waals surface area contributed by atoms with Crippen LogP contribution < -0.4 is 0 Å². The molecule has 0 bridgehead atoms. The average molecular weight is 856 g/mol. The van der Waals surface area contributed by atoms with Gasteiger partial charge in [-0.2, -0.15) is 0 Å². The zero-order chi connectivity index (χ0) is 44.5. The van der Waals surface area contributed by atoms with Crippen LogP contribution in [0, 0.1) is 0 Å². The van der Waals surface area contributed by atoms with Gasteiger partial charge in [-0.1, -0.05) is 218 Å². The highest BCUT2D eigenvalue weighted by Crippen LogP contribution is 2.43. The van der Waals surface area contributed by atoms with Crippen LogP contribution in [0.4, 0.5) is 0 Å². The topological polar surface area (TPSA) is 51.8 Å². The summed E-state index contributed by atoms with van der Waals surface area (Å²) in [4.78, 5) is 15.5. The van der Waals surface area contributed by atoms with Crippen LogP contribution in [0.2, 0.25) is 0 Å². The van der Waals surface area contributed by atoms with Gasteiger partial charge in [-0.05, 0) is 97.1 Å². The number of aromatic nitrogens is 3. The van der Waals surface area contributed by atoms with Gasteiger partial charge in [0, 0.05) is 27.5 Å². The second-order valence-electron chi connectivity index (χ2n) is 16.8. The summed E-state index contributed by atoms with van der Waals surface area (Å²) in [7, 11) is 0. The molecular formula is C63H41N3O. The van der Waals surface area contributed by atoms with Gasteiger partial charge in [-0.25, -0.2) is 15.0 Å². The van der Waals surface area contributed by atoms with E-state index in [1.54, 1.807) is 0 Å². The van der Waals surface area contributed by atoms with E-state index in [4.69, 9.17) is 19.4 Å². The molecule has 4 nitrogen and oxygen atoms in total. The molecule has 0 saturated heterocycles. The third-order valence-corrected chi connectivity index (χ3v) is 12.6. The third kappa shape index (κ3) is 7.77. The Morgan fingerprint density at radius 2 is 0.627 bits per heavy atom. The monoisotopic (exact) mass is 855 g/mol. The molecule has 0 unspecified atom stereocenters. The van der Waals surface area contributed by atoms with Gasteiger partial charge >= 0.3 is 0 Å². The van der Waals surface area contributed by atoms with Crippen LogP contribution in [0.3, 0.4) is 0 Å². The lowest BCUT2D eigenvalue weighted by atomic mass is 9.89. The largest absolute Gasteiger partial charge is 0.456 e. The Balaban J connectivity index is 0.965. The number of nitrogens with zero attached hydrogens (tertiary/aromatic N) is 3. The van der Waals surface area contributed by atoms with E-state index in [2.05, 4.69) is 237 Å². The van der Waals surface area contributed by atoms with Crippen LogP contribution in [-0.4, -0.2) is 15.0 Å². The summed E-state index contributed by atoms with van der Waals surface area (Å²) >= 11 is 0. The van der Waals surface area contributed by atoms with Gasteiger partial charge < -0.3 is 4.42 Å². The fourth-order valence-electron chi connectivity index (χ4n) is 9.16. The summed E-state index contributed by atoms with van der Waals surface area (Å²) in [5, 5.41) is 2.09. The molecule has 67 heavy (non-hydrogen) atoms. The number of benzene rings is 10. The summed E-state index contributed by atoms with van der Waals surface area (Å²) in [5.41, 5.74) is 18.0. The number of rotatable bonds is 9. The van der Waals surface area contributed by atoms with Crippen molar-refractivity contribution in [1.29, 1.82) is 0 Å². The summed E-state index contributed by atoms with van der Waals surface area (Å²) in [6, 6.07) is 87.1. The van der Waals surface area contributed by atoms with E-state index in [0.717, 1.165) is 83.1 Å². The van der Waals surface area contributed by atoms with E-state index in [1.165, 1.54) is 22.3 Å². The molecule has 12 rings (SSSR count). The van der Waals surface area contributed by atoms with Crippen molar-refractivity contribution in [3.8, 4) is 101 Å². The Morgan fingerprint density at radius 1 is 0.224 bits per heavy atom. The fourth-order valence-corrected chi connectivity index (χ4v) is 9.16. The summed E-state index contributed by atoms with van der Waals surface area (Å²) < 4.78 is 6.73. The predicted octanol–water partition coefficient (Wildman–Crippen LogP) is 16.8. The first-order chi connectivity index (χ1) is 33.2. The molecule has 0 aliphatic heterocycles. The van der Waals surface area contributed by atoms with Crippen LogP contribution in [0.15, 0.2) is 253 Å². The van der Waals surface area contributed by atoms with Gasteiger partial charge in [-0.15, -0.1) is 0 Å². The van der Waals surface area contributed by atoms with Crippen LogP contribution >= 0.6 is 0 Å². The lowest BCUT2D eigenvalue weighted by Crippen LogP contribution is -2.00. The Hall–Kier alpha value is -8.99. The quantitative estimate of drug-likeness (QED) is 0.145. The maximum Gasteiger partial charge on any atom is 0.164 e. The normalized spacial score (nSPS) is 11.3. The Kier molecular flexibility index (Phi) is 10.2. The number of furan rings is 1. The van der Waals surface area contributed by atoms with Crippen molar-refractivity contribution in [2.24, 2.45) is 0 Å². The van der Waals surface area contributed by atoms with Crippen LogP contribution in [0.5, 0.6) is 0 Å². The first-order valence-electron chi connectivity index (χ1n) is 22.6. The minimum absolute atomic E-state index is 0.565. The van der Waals surface area contributed by atoms with Crippen LogP contribution in [0.1, 0.15) is 0 Å². The van der Waals surface area contributed by atoms with E-state index >= 15 is 0 Å². The van der Waals surface area contributed by atoms with Crippen LogP contribution in [0.25, 0.3) is 123 Å². The summed E-state index contributed by atoms with van der Waals surface area (Å²) in [5.74, 6) is 1.75. The fraction of sp³-hybridized carbons (Fsp3) is 0. The SMILES string of the molecule is c1ccc(-c2ccc(-c3cccc(-c4nc(-c5ccc(-c6ccccc6)cc5)nc(-c5ccc6c(c5)oc5cccc(-c7ccc(-c8ccccc8)cc7-c7ccccc7)c56)n4)c3)cc2)cc1. The Morgan fingerprint density at radius 3 is 1.22 bits per heavy atom. The Bertz CT molecular complexity index is 3700. The average Bonchev–Trinajstić information content (AvgIpc) is 3.80. The second-order valence-corrected chi connectivity index (χ2v) is 16.8. The van der Waals surface area contributed by atoms with Gasteiger partial charge in [0.1, 0.15) is 11.2 Å². The molecule has 0 amide bonds.